The summed E-state index contributed by atoms with van der Waals surface area (Å²) in [6.45, 7) is 5.39. The van der Waals surface area contributed by atoms with E-state index in [2.05, 4.69) is 36.5 Å². The van der Waals surface area contributed by atoms with Gasteiger partial charge < -0.3 is 14.8 Å². The Morgan fingerprint density at radius 3 is 2.94 bits per heavy atom. The van der Waals surface area contributed by atoms with E-state index in [1.807, 2.05) is 17.8 Å². The summed E-state index contributed by atoms with van der Waals surface area (Å²) in [5, 5.41) is 3.34. The van der Waals surface area contributed by atoms with Gasteiger partial charge in [-0.25, -0.2) is 0 Å². The molecule has 0 spiro atoms. The summed E-state index contributed by atoms with van der Waals surface area (Å²) >= 11 is 1.83. The van der Waals surface area contributed by atoms with E-state index >= 15 is 0 Å². The highest BCUT2D eigenvalue weighted by Gasteiger charge is 2.18. The zero-order chi connectivity index (χ0) is 12.6. The van der Waals surface area contributed by atoms with Crippen LogP contribution in [0.1, 0.15) is 6.92 Å². The summed E-state index contributed by atoms with van der Waals surface area (Å²) < 4.78 is 11.4. The van der Waals surface area contributed by atoms with Crippen molar-refractivity contribution in [1.82, 2.24) is 5.32 Å². The van der Waals surface area contributed by atoms with Crippen LogP contribution < -0.4 is 5.32 Å². The van der Waals surface area contributed by atoms with Gasteiger partial charge in [-0.1, -0.05) is 18.2 Å². The number of benzene rings is 1. The van der Waals surface area contributed by atoms with Gasteiger partial charge >= 0.3 is 0 Å². The third-order valence-corrected chi connectivity index (χ3v) is 3.75. The molecular formula is C14H21NO2S. The monoisotopic (exact) mass is 267 g/mol. The molecule has 4 heteroatoms. The van der Waals surface area contributed by atoms with Gasteiger partial charge in [-0.3, -0.25) is 0 Å². The standard InChI is InChI=1S/C14H21NO2S/c1-12-9-15-10-13(17-12)11-16-7-8-18-14-5-3-2-4-6-14/h2-6,12-13,15H,7-11H2,1H3. The Kier molecular flexibility index (Phi) is 6.00. The van der Waals surface area contributed by atoms with Crippen LogP contribution in [0.25, 0.3) is 0 Å². The fraction of sp³-hybridized carbons (Fsp3) is 0.571. The summed E-state index contributed by atoms with van der Waals surface area (Å²) in [7, 11) is 0. The summed E-state index contributed by atoms with van der Waals surface area (Å²) in [5.41, 5.74) is 0. The number of nitrogens with one attached hydrogen (secondary N) is 1. The highest BCUT2D eigenvalue weighted by atomic mass is 32.2. The van der Waals surface area contributed by atoms with Gasteiger partial charge in [0, 0.05) is 23.7 Å². The highest BCUT2D eigenvalue weighted by Crippen LogP contribution is 2.16. The highest BCUT2D eigenvalue weighted by molar-refractivity contribution is 7.99. The molecule has 1 aliphatic rings. The third-order valence-electron chi connectivity index (χ3n) is 2.77. The molecule has 0 bridgehead atoms. The maximum absolute atomic E-state index is 5.76. The first-order valence-corrected chi connectivity index (χ1v) is 7.45. The molecule has 0 radical (unpaired) electrons. The molecule has 3 nitrogen and oxygen atoms in total. The van der Waals surface area contributed by atoms with Crippen molar-refractivity contribution in [3.8, 4) is 0 Å². The van der Waals surface area contributed by atoms with Crippen LogP contribution in [-0.2, 0) is 9.47 Å². The van der Waals surface area contributed by atoms with Gasteiger partial charge in [0.05, 0.1) is 25.4 Å². The van der Waals surface area contributed by atoms with Crippen LogP contribution in [0.5, 0.6) is 0 Å². The number of hydrogen-bond acceptors (Lipinski definition) is 4. The van der Waals surface area contributed by atoms with Gasteiger partial charge in [0.2, 0.25) is 0 Å². The Morgan fingerprint density at radius 1 is 1.33 bits per heavy atom. The fourth-order valence-corrected chi connectivity index (χ4v) is 2.71. The Hall–Kier alpha value is -0.550. The predicted molar refractivity (Wildman–Crippen MR) is 75.2 cm³/mol. The van der Waals surface area contributed by atoms with Gasteiger partial charge in [-0.2, -0.15) is 0 Å². The lowest BCUT2D eigenvalue weighted by Crippen LogP contribution is -2.45. The molecule has 1 saturated heterocycles. The van der Waals surface area contributed by atoms with E-state index in [0.29, 0.717) is 12.7 Å². The lowest BCUT2D eigenvalue weighted by molar-refractivity contribution is -0.0664. The normalized spacial score (nSPS) is 24.1. The molecule has 18 heavy (non-hydrogen) atoms. The van der Waals surface area contributed by atoms with E-state index in [1.54, 1.807) is 0 Å². The topological polar surface area (TPSA) is 30.5 Å². The Balaban J connectivity index is 1.53. The zero-order valence-electron chi connectivity index (χ0n) is 10.8. The van der Waals surface area contributed by atoms with E-state index in [4.69, 9.17) is 9.47 Å². The van der Waals surface area contributed by atoms with Crippen molar-refractivity contribution in [2.45, 2.75) is 24.0 Å². The van der Waals surface area contributed by atoms with E-state index < -0.39 is 0 Å². The van der Waals surface area contributed by atoms with Gasteiger partial charge in [-0.15, -0.1) is 11.8 Å². The van der Waals surface area contributed by atoms with Gasteiger partial charge in [0.15, 0.2) is 0 Å². The van der Waals surface area contributed by atoms with Crippen LogP contribution in [0.15, 0.2) is 35.2 Å². The molecule has 0 saturated carbocycles. The molecule has 1 N–H and O–H groups in total. The number of ether oxygens (including phenoxy) is 2. The van der Waals surface area contributed by atoms with E-state index in [0.717, 1.165) is 25.4 Å². The summed E-state index contributed by atoms with van der Waals surface area (Å²) in [6, 6.07) is 10.4. The first-order valence-electron chi connectivity index (χ1n) is 6.46. The molecule has 2 atom stereocenters. The Labute approximate surface area is 113 Å². The van der Waals surface area contributed by atoms with Crippen molar-refractivity contribution < 1.29 is 9.47 Å². The lowest BCUT2D eigenvalue weighted by Gasteiger charge is -2.28. The first kappa shape index (κ1) is 13.9. The quantitative estimate of drug-likeness (QED) is 0.632. The third kappa shape index (κ3) is 4.98. The first-order chi connectivity index (χ1) is 8.84. The lowest BCUT2D eigenvalue weighted by atomic mass is 10.2. The van der Waals surface area contributed by atoms with Gasteiger partial charge in [-0.05, 0) is 19.1 Å². The second-order valence-electron chi connectivity index (χ2n) is 4.46. The van der Waals surface area contributed by atoms with Crippen LogP contribution in [0, 0.1) is 0 Å². The largest absolute Gasteiger partial charge is 0.378 e. The maximum Gasteiger partial charge on any atom is 0.0936 e. The second-order valence-corrected chi connectivity index (χ2v) is 5.63. The van der Waals surface area contributed by atoms with Crippen molar-refractivity contribution >= 4 is 11.8 Å². The molecule has 1 fully saturated rings. The van der Waals surface area contributed by atoms with E-state index in [-0.39, 0.29) is 6.10 Å². The molecule has 2 unspecified atom stereocenters. The molecule has 0 aromatic heterocycles. The summed E-state index contributed by atoms with van der Waals surface area (Å²) in [4.78, 5) is 1.30. The van der Waals surface area contributed by atoms with Crippen LogP contribution >= 0.6 is 11.8 Å². The van der Waals surface area contributed by atoms with Crippen LogP contribution in [-0.4, -0.2) is 44.3 Å². The molecule has 1 aromatic rings. The molecule has 0 amide bonds. The number of hydrogen-bond donors (Lipinski definition) is 1. The van der Waals surface area contributed by atoms with Crippen molar-refractivity contribution in [3.05, 3.63) is 30.3 Å². The summed E-state index contributed by atoms with van der Waals surface area (Å²) in [6.07, 6.45) is 0.501. The minimum atomic E-state index is 0.204. The molecule has 0 aliphatic carbocycles. The molecule has 100 valence electrons. The van der Waals surface area contributed by atoms with E-state index in [9.17, 15) is 0 Å². The number of thioether (sulfide) groups is 1. The van der Waals surface area contributed by atoms with Gasteiger partial charge in [0.25, 0.3) is 0 Å². The average Bonchev–Trinajstić information content (AvgIpc) is 2.40. The minimum Gasteiger partial charge on any atom is -0.378 e. The molecular weight excluding hydrogens is 246 g/mol. The Bertz CT molecular complexity index is 334. The molecule has 1 heterocycles. The predicted octanol–water partition coefficient (Wildman–Crippen LogP) is 2.17. The SMILES string of the molecule is CC1CNCC(COCCSc2ccccc2)O1. The smallest absolute Gasteiger partial charge is 0.0936 e. The number of rotatable bonds is 6. The van der Waals surface area contributed by atoms with Crippen LogP contribution in [0.3, 0.4) is 0 Å². The van der Waals surface area contributed by atoms with Crippen molar-refractivity contribution in [2.24, 2.45) is 0 Å². The molecule has 2 rings (SSSR count). The fourth-order valence-electron chi connectivity index (χ4n) is 1.92. The molecule has 1 aromatic carbocycles. The van der Waals surface area contributed by atoms with E-state index in [1.165, 1.54) is 4.90 Å². The number of morpholine rings is 1. The zero-order valence-corrected chi connectivity index (χ0v) is 11.6. The second kappa shape index (κ2) is 7.79. The minimum absolute atomic E-state index is 0.204. The van der Waals surface area contributed by atoms with Crippen LogP contribution in [0.4, 0.5) is 0 Å². The van der Waals surface area contributed by atoms with Crippen molar-refractivity contribution in [3.63, 3.8) is 0 Å². The van der Waals surface area contributed by atoms with Gasteiger partial charge in [0.1, 0.15) is 0 Å². The van der Waals surface area contributed by atoms with Crippen LogP contribution in [0.2, 0.25) is 0 Å². The maximum atomic E-state index is 5.76. The van der Waals surface area contributed by atoms with Crippen molar-refractivity contribution in [2.75, 3.05) is 32.1 Å². The summed E-state index contributed by atoms with van der Waals surface area (Å²) in [5.74, 6) is 0.986. The molecule has 1 aliphatic heterocycles. The van der Waals surface area contributed by atoms with Crippen molar-refractivity contribution in [1.29, 1.82) is 0 Å². The average molecular weight is 267 g/mol. The Morgan fingerprint density at radius 2 is 2.17 bits per heavy atom.